The van der Waals surface area contributed by atoms with Crippen molar-refractivity contribution in [3.05, 3.63) is 28.8 Å². The number of alkyl halides is 3. The smallest absolute Gasteiger partial charge is 0.264 e. The Morgan fingerprint density at radius 3 is 2.10 bits per heavy atom. The second-order valence-corrected chi connectivity index (χ2v) is 7.24. The van der Waals surface area contributed by atoms with E-state index >= 15 is 0 Å². The molecule has 0 saturated carbocycles. The van der Waals surface area contributed by atoms with E-state index in [0.717, 1.165) is 16.8 Å². The van der Waals surface area contributed by atoms with Crippen molar-refractivity contribution in [2.45, 2.75) is 38.1 Å². The van der Waals surface area contributed by atoms with Crippen molar-refractivity contribution in [1.29, 1.82) is 0 Å². The number of rotatable bonds is 2. The first-order chi connectivity index (χ1) is 9.21. The average molecular weight is 335 g/mol. The molecule has 5 heteroatoms. The lowest BCUT2D eigenvalue weighted by Crippen LogP contribution is -2.35. The van der Waals surface area contributed by atoms with Gasteiger partial charge in [-0.3, -0.25) is 4.79 Å². The van der Waals surface area contributed by atoms with Gasteiger partial charge in [0.1, 0.15) is 0 Å². The number of anilines is 1. The minimum Gasteiger partial charge on any atom is -0.306 e. The van der Waals surface area contributed by atoms with Crippen molar-refractivity contribution in [3.8, 4) is 0 Å². The number of nitrogens with zero attached hydrogens (tertiary/aromatic N) is 1. The van der Waals surface area contributed by atoms with Crippen LogP contribution in [-0.2, 0) is 4.79 Å². The Morgan fingerprint density at radius 2 is 1.70 bits per heavy atom. The van der Waals surface area contributed by atoms with Gasteiger partial charge in [0.15, 0.2) is 0 Å². The van der Waals surface area contributed by atoms with E-state index in [9.17, 15) is 4.79 Å². The summed E-state index contributed by atoms with van der Waals surface area (Å²) in [4.78, 5) is 14.3. The summed E-state index contributed by atoms with van der Waals surface area (Å²) in [5, 5.41) is 0. The molecule has 2 rings (SSSR count). The molecule has 0 bridgehead atoms. The molecule has 1 aliphatic rings. The molecule has 1 aromatic rings. The number of hydrogen-bond donors (Lipinski definition) is 0. The molecule has 1 heterocycles. The fraction of sp³-hybridized carbons (Fsp3) is 0.533. The number of aryl methyl sites for hydroxylation is 3. The van der Waals surface area contributed by atoms with Gasteiger partial charge >= 0.3 is 0 Å². The quantitative estimate of drug-likeness (QED) is 0.735. The van der Waals surface area contributed by atoms with E-state index in [1.54, 1.807) is 4.90 Å². The molecule has 1 fully saturated rings. The van der Waals surface area contributed by atoms with Crippen molar-refractivity contribution in [2.75, 3.05) is 10.8 Å². The highest BCUT2D eigenvalue weighted by Crippen LogP contribution is 2.46. The molecule has 20 heavy (non-hydrogen) atoms. The number of benzene rings is 1. The molecule has 0 radical (unpaired) electrons. The maximum atomic E-state index is 12.6. The Labute approximate surface area is 135 Å². The van der Waals surface area contributed by atoms with E-state index in [-0.39, 0.29) is 23.7 Å². The second kappa shape index (κ2) is 5.40. The maximum Gasteiger partial charge on any atom is 0.264 e. The lowest BCUT2D eigenvalue weighted by Gasteiger charge is -2.27. The molecule has 0 unspecified atom stereocenters. The van der Waals surface area contributed by atoms with Crippen LogP contribution < -0.4 is 4.90 Å². The van der Waals surface area contributed by atoms with Crippen LogP contribution >= 0.6 is 34.8 Å². The summed E-state index contributed by atoms with van der Waals surface area (Å²) in [5.41, 5.74) is 4.15. The van der Waals surface area contributed by atoms with Gasteiger partial charge in [-0.2, -0.15) is 0 Å². The van der Waals surface area contributed by atoms with Crippen LogP contribution in [0.25, 0.3) is 0 Å². The molecule has 0 spiro atoms. The van der Waals surface area contributed by atoms with Gasteiger partial charge in [-0.15, -0.1) is 11.6 Å². The van der Waals surface area contributed by atoms with Crippen LogP contribution in [0.1, 0.15) is 23.6 Å². The molecule has 1 amide bonds. The first-order valence-corrected chi connectivity index (χ1v) is 7.86. The first kappa shape index (κ1) is 15.9. The predicted octanol–water partition coefficient (Wildman–Crippen LogP) is 4.38. The lowest BCUT2D eigenvalue weighted by molar-refractivity contribution is -0.118. The summed E-state index contributed by atoms with van der Waals surface area (Å²) < 4.78 is -1.45. The van der Waals surface area contributed by atoms with Crippen LogP contribution in [0.2, 0.25) is 0 Å². The van der Waals surface area contributed by atoms with Gasteiger partial charge in [-0.05, 0) is 38.8 Å². The van der Waals surface area contributed by atoms with E-state index in [1.807, 2.05) is 27.7 Å². The molecule has 1 saturated heterocycles. The third kappa shape index (κ3) is 2.32. The van der Waals surface area contributed by atoms with Crippen molar-refractivity contribution in [3.63, 3.8) is 0 Å². The van der Waals surface area contributed by atoms with Gasteiger partial charge in [0.25, 0.3) is 5.91 Å². The van der Waals surface area contributed by atoms with Crippen molar-refractivity contribution in [2.24, 2.45) is 5.92 Å². The Bertz CT molecular complexity index is 533. The topological polar surface area (TPSA) is 20.3 Å². The van der Waals surface area contributed by atoms with Crippen molar-refractivity contribution in [1.82, 2.24) is 0 Å². The number of amides is 1. The molecule has 0 aliphatic carbocycles. The highest BCUT2D eigenvalue weighted by Gasteiger charge is 2.56. The van der Waals surface area contributed by atoms with Gasteiger partial charge in [0, 0.05) is 23.5 Å². The summed E-state index contributed by atoms with van der Waals surface area (Å²) in [6.07, 6.45) is 0. The molecule has 2 atom stereocenters. The highest BCUT2D eigenvalue weighted by atomic mass is 35.5. The lowest BCUT2D eigenvalue weighted by atomic mass is 10.0. The SMILES string of the molecule is Cc1cc(C)c(N2C(=O)C(Cl)(Cl)[C@@H](CCl)[C@H]2C)c(C)c1. The summed E-state index contributed by atoms with van der Waals surface area (Å²) in [5.74, 6) is -0.325. The standard InChI is InChI=1S/C15H18Cl3NO/c1-8-5-9(2)13(10(3)6-8)19-11(4)12(7-16)15(17,18)14(19)20/h5-6,11-12H,7H2,1-4H3/t11-,12+/m1/s1. The number of carbonyl (C=O) groups is 1. The Balaban J connectivity index is 2.57. The molecule has 1 aromatic carbocycles. The van der Waals surface area contributed by atoms with Gasteiger partial charge in [0.2, 0.25) is 4.33 Å². The number of hydrogen-bond acceptors (Lipinski definition) is 1. The number of carbonyl (C=O) groups excluding carboxylic acids is 1. The van der Waals surface area contributed by atoms with Crippen LogP contribution in [0.15, 0.2) is 12.1 Å². The summed E-state index contributed by atoms with van der Waals surface area (Å²) in [6.45, 7) is 7.96. The fourth-order valence-corrected chi connectivity index (χ4v) is 4.42. The first-order valence-electron chi connectivity index (χ1n) is 6.57. The van der Waals surface area contributed by atoms with Crippen LogP contribution in [-0.4, -0.2) is 22.2 Å². The highest BCUT2D eigenvalue weighted by molar-refractivity contribution is 6.60. The third-order valence-electron chi connectivity index (χ3n) is 4.00. The Kier molecular flexibility index (Phi) is 4.30. The molecule has 0 aromatic heterocycles. The summed E-state index contributed by atoms with van der Waals surface area (Å²) in [7, 11) is 0. The molecular weight excluding hydrogens is 317 g/mol. The zero-order valence-electron chi connectivity index (χ0n) is 12.0. The minimum atomic E-state index is -1.45. The van der Waals surface area contributed by atoms with Gasteiger partial charge < -0.3 is 4.90 Å². The third-order valence-corrected chi connectivity index (χ3v) is 5.22. The van der Waals surface area contributed by atoms with Crippen LogP contribution in [0, 0.1) is 26.7 Å². The van der Waals surface area contributed by atoms with Crippen LogP contribution in [0.5, 0.6) is 0 Å². The van der Waals surface area contributed by atoms with E-state index in [4.69, 9.17) is 34.8 Å². The molecule has 0 N–H and O–H groups in total. The van der Waals surface area contributed by atoms with Gasteiger partial charge in [0.05, 0.1) is 0 Å². The van der Waals surface area contributed by atoms with E-state index in [2.05, 4.69) is 12.1 Å². The van der Waals surface area contributed by atoms with Gasteiger partial charge in [-0.25, -0.2) is 0 Å². The zero-order chi connectivity index (χ0) is 15.2. The van der Waals surface area contributed by atoms with E-state index in [1.165, 1.54) is 5.56 Å². The van der Waals surface area contributed by atoms with Crippen molar-refractivity contribution >= 4 is 46.4 Å². The zero-order valence-corrected chi connectivity index (χ0v) is 14.3. The molecule has 110 valence electrons. The summed E-state index contributed by atoms with van der Waals surface area (Å²) in [6, 6.07) is 3.98. The summed E-state index contributed by atoms with van der Waals surface area (Å²) >= 11 is 18.5. The normalized spacial score (nSPS) is 25.4. The van der Waals surface area contributed by atoms with E-state index in [0.29, 0.717) is 0 Å². The van der Waals surface area contributed by atoms with Crippen LogP contribution in [0.4, 0.5) is 5.69 Å². The monoisotopic (exact) mass is 333 g/mol. The number of halogens is 3. The Morgan fingerprint density at radius 1 is 1.20 bits per heavy atom. The van der Waals surface area contributed by atoms with Crippen LogP contribution in [0.3, 0.4) is 0 Å². The predicted molar refractivity (Wildman–Crippen MR) is 86.2 cm³/mol. The second-order valence-electron chi connectivity index (χ2n) is 5.55. The fourth-order valence-electron chi connectivity index (χ4n) is 3.07. The average Bonchev–Trinajstić information content (AvgIpc) is 2.47. The van der Waals surface area contributed by atoms with Gasteiger partial charge in [-0.1, -0.05) is 40.9 Å². The molecule has 1 aliphatic heterocycles. The van der Waals surface area contributed by atoms with Crippen molar-refractivity contribution < 1.29 is 4.79 Å². The maximum absolute atomic E-state index is 12.6. The van der Waals surface area contributed by atoms with E-state index < -0.39 is 4.33 Å². The minimum absolute atomic E-state index is 0.130. The molecule has 2 nitrogen and oxygen atoms in total. The molecular formula is C15H18Cl3NO. The Hall–Kier alpha value is -0.440. The largest absolute Gasteiger partial charge is 0.306 e.